The minimum atomic E-state index is -0.368. The summed E-state index contributed by atoms with van der Waals surface area (Å²) in [6.07, 6.45) is 0. The molecule has 6 heteroatoms. The van der Waals surface area contributed by atoms with Crippen LogP contribution in [-0.2, 0) is 0 Å². The highest BCUT2D eigenvalue weighted by atomic mass is 19.1. The predicted molar refractivity (Wildman–Crippen MR) is 55.2 cm³/mol. The number of hydrogen-bond acceptors (Lipinski definition) is 2. The standard InChI is InChI=1S/C10H9FN4O/c11-8-3-1-7(2-4-8)10(16)15-5-9(6-15)13-14-12/h1-4,9H,5-6H2. The molecule has 1 aromatic carbocycles. The lowest BCUT2D eigenvalue weighted by Gasteiger charge is -2.36. The highest BCUT2D eigenvalue weighted by molar-refractivity contribution is 5.94. The molecule has 0 N–H and O–H groups in total. The summed E-state index contributed by atoms with van der Waals surface area (Å²) in [6, 6.07) is 5.25. The monoisotopic (exact) mass is 220 g/mol. The largest absolute Gasteiger partial charge is 0.338 e. The first kappa shape index (κ1) is 10.4. The molecular weight excluding hydrogens is 211 g/mol. The highest BCUT2D eigenvalue weighted by Gasteiger charge is 2.30. The van der Waals surface area contributed by atoms with E-state index in [0.717, 1.165) is 0 Å². The Bertz CT molecular complexity index is 446. The minimum absolute atomic E-state index is 0.130. The molecule has 0 spiro atoms. The first-order chi connectivity index (χ1) is 7.70. The van der Waals surface area contributed by atoms with E-state index in [1.807, 2.05) is 0 Å². The van der Waals surface area contributed by atoms with Gasteiger partial charge in [0, 0.05) is 23.6 Å². The van der Waals surface area contributed by atoms with Crippen LogP contribution >= 0.6 is 0 Å². The van der Waals surface area contributed by atoms with Crippen molar-refractivity contribution in [3.8, 4) is 0 Å². The average molecular weight is 220 g/mol. The molecule has 0 atom stereocenters. The molecule has 82 valence electrons. The fraction of sp³-hybridized carbons (Fsp3) is 0.300. The summed E-state index contributed by atoms with van der Waals surface area (Å²) in [6.45, 7) is 0.862. The SMILES string of the molecule is [N-]=[N+]=NC1CN(C(=O)c2ccc(F)cc2)C1. The summed E-state index contributed by atoms with van der Waals surface area (Å²) in [5.74, 6) is -0.531. The van der Waals surface area contributed by atoms with Gasteiger partial charge in [-0.1, -0.05) is 5.11 Å². The Morgan fingerprint density at radius 3 is 2.62 bits per heavy atom. The van der Waals surface area contributed by atoms with Gasteiger partial charge in [0.05, 0.1) is 6.04 Å². The fourth-order valence-corrected chi connectivity index (χ4v) is 1.54. The second-order valence-corrected chi connectivity index (χ2v) is 3.58. The molecule has 1 aromatic rings. The molecule has 1 aliphatic heterocycles. The number of carbonyl (C=O) groups is 1. The molecule has 0 saturated carbocycles. The van der Waals surface area contributed by atoms with E-state index in [1.54, 1.807) is 4.90 Å². The van der Waals surface area contributed by atoms with Crippen LogP contribution in [0.5, 0.6) is 0 Å². The lowest BCUT2D eigenvalue weighted by molar-refractivity contribution is 0.0608. The number of rotatable bonds is 2. The number of amides is 1. The zero-order chi connectivity index (χ0) is 11.5. The quantitative estimate of drug-likeness (QED) is 0.426. The molecule has 5 nitrogen and oxygen atoms in total. The summed E-state index contributed by atoms with van der Waals surface area (Å²) >= 11 is 0. The number of azide groups is 1. The third-order valence-corrected chi connectivity index (χ3v) is 2.46. The van der Waals surface area contributed by atoms with Crippen molar-refractivity contribution in [2.75, 3.05) is 13.1 Å². The number of halogens is 1. The van der Waals surface area contributed by atoms with Gasteiger partial charge in [0.25, 0.3) is 5.91 Å². The van der Waals surface area contributed by atoms with Gasteiger partial charge in [0.2, 0.25) is 0 Å². The van der Waals surface area contributed by atoms with Crippen LogP contribution in [-0.4, -0.2) is 29.9 Å². The van der Waals surface area contributed by atoms with Crippen molar-refractivity contribution >= 4 is 5.91 Å². The van der Waals surface area contributed by atoms with Gasteiger partial charge < -0.3 is 4.90 Å². The van der Waals surface area contributed by atoms with E-state index < -0.39 is 0 Å². The molecular formula is C10H9FN4O. The smallest absolute Gasteiger partial charge is 0.253 e. The first-order valence-corrected chi connectivity index (χ1v) is 4.80. The Kier molecular flexibility index (Phi) is 2.74. The number of hydrogen-bond donors (Lipinski definition) is 0. The van der Waals surface area contributed by atoms with Crippen LogP contribution in [0.25, 0.3) is 10.4 Å². The Balaban J connectivity index is 2.00. The van der Waals surface area contributed by atoms with Crippen LogP contribution in [0.4, 0.5) is 4.39 Å². The third-order valence-electron chi connectivity index (χ3n) is 2.46. The summed E-state index contributed by atoms with van der Waals surface area (Å²) in [5, 5.41) is 3.50. The molecule has 0 bridgehead atoms. The summed E-state index contributed by atoms with van der Waals surface area (Å²) in [4.78, 5) is 16.0. The zero-order valence-electron chi connectivity index (χ0n) is 8.38. The van der Waals surface area contributed by atoms with Gasteiger partial charge in [-0.3, -0.25) is 4.79 Å². The molecule has 1 heterocycles. The van der Waals surface area contributed by atoms with E-state index in [1.165, 1.54) is 24.3 Å². The maximum absolute atomic E-state index is 12.6. The van der Waals surface area contributed by atoms with Crippen LogP contribution in [0.2, 0.25) is 0 Å². The Morgan fingerprint density at radius 1 is 1.44 bits per heavy atom. The second-order valence-electron chi connectivity index (χ2n) is 3.58. The molecule has 0 unspecified atom stereocenters. The van der Waals surface area contributed by atoms with E-state index in [-0.39, 0.29) is 17.8 Å². The van der Waals surface area contributed by atoms with E-state index in [0.29, 0.717) is 18.7 Å². The van der Waals surface area contributed by atoms with E-state index in [9.17, 15) is 9.18 Å². The van der Waals surface area contributed by atoms with Gasteiger partial charge in [0.15, 0.2) is 0 Å². The lowest BCUT2D eigenvalue weighted by atomic mass is 10.1. The fourth-order valence-electron chi connectivity index (χ4n) is 1.54. The Hall–Kier alpha value is -2.07. The normalized spacial score (nSPS) is 15.2. The van der Waals surface area contributed by atoms with Crippen molar-refractivity contribution in [3.05, 3.63) is 46.1 Å². The van der Waals surface area contributed by atoms with Crippen LogP contribution < -0.4 is 0 Å². The molecule has 16 heavy (non-hydrogen) atoms. The van der Waals surface area contributed by atoms with E-state index in [4.69, 9.17) is 5.53 Å². The van der Waals surface area contributed by atoms with Crippen molar-refractivity contribution in [1.82, 2.24) is 4.90 Å². The van der Waals surface area contributed by atoms with Gasteiger partial charge >= 0.3 is 0 Å². The Labute approximate surface area is 91.1 Å². The molecule has 1 amide bonds. The third kappa shape index (κ3) is 1.97. The lowest BCUT2D eigenvalue weighted by Crippen LogP contribution is -2.52. The van der Waals surface area contributed by atoms with E-state index in [2.05, 4.69) is 10.0 Å². The van der Waals surface area contributed by atoms with Crippen molar-refractivity contribution in [2.24, 2.45) is 5.11 Å². The Morgan fingerprint density at radius 2 is 2.06 bits per heavy atom. The second kappa shape index (κ2) is 4.20. The first-order valence-electron chi connectivity index (χ1n) is 4.80. The molecule has 1 saturated heterocycles. The molecule has 0 radical (unpaired) electrons. The van der Waals surface area contributed by atoms with Crippen molar-refractivity contribution < 1.29 is 9.18 Å². The maximum Gasteiger partial charge on any atom is 0.253 e. The predicted octanol–water partition coefficient (Wildman–Crippen LogP) is 1.96. The molecule has 1 fully saturated rings. The topological polar surface area (TPSA) is 69.1 Å². The molecule has 0 aromatic heterocycles. The van der Waals surface area contributed by atoms with E-state index >= 15 is 0 Å². The summed E-state index contributed by atoms with van der Waals surface area (Å²) in [7, 11) is 0. The van der Waals surface area contributed by atoms with Crippen molar-refractivity contribution in [2.45, 2.75) is 6.04 Å². The van der Waals surface area contributed by atoms with Gasteiger partial charge in [0.1, 0.15) is 5.82 Å². The minimum Gasteiger partial charge on any atom is -0.338 e. The van der Waals surface area contributed by atoms with Crippen LogP contribution in [0.3, 0.4) is 0 Å². The number of benzene rings is 1. The number of carbonyl (C=O) groups excluding carboxylic acids is 1. The number of nitrogens with zero attached hydrogens (tertiary/aromatic N) is 4. The van der Waals surface area contributed by atoms with Crippen LogP contribution in [0.1, 0.15) is 10.4 Å². The maximum atomic E-state index is 12.6. The van der Waals surface area contributed by atoms with Gasteiger partial charge in [-0.2, -0.15) is 0 Å². The number of likely N-dealkylation sites (tertiary alicyclic amines) is 1. The average Bonchev–Trinajstić information content (AvgIpc) is 2.23. The molecule has 0 aliphatic carbocycles. The van der Waals surface area contributed by atoms with Crippen molar-refractivity contribution in [3.63, 3.8) is 0 Å². The zero-order valence-corrected chi connectivity index (χ0v) is 8.38. The summed E-state index contributed by atoms with van der Waals surface area (Å²) < 4.78 is 12.6. The van der Waals surface area contributed by atoms with Gasteiger partial charge in [-0.25, -0.2) is 4.39 Å². The summed E-state index contributed by atoms with van der Waals surface area (Å²) in [5.41, 5.74) is 8.63. The van der Waals surface area contributed by atoms with Gasteiger partial charge in [-0.05, 0) is 29.8 Å². The molecule has 2 rings (SSSR count). The van der Waals surface area contributed by atoms with Gasteiger partial charge in [-0.15, -0.1) is 0 Å². The van der Waals surface area contributed by atoms with Crippen LogP contribution in [0, 0.1) is 5.82 Å². The highest BCUT2D eigenvalue weighted by Crippen LogP contribution is 2.16. The van der Waals surface area contributed by atoms with Crippen molar-refractivity contribution in [1.29, 1.82) is 0 Å². The van der Waals surface area contributed by atoms with Crippen LogP contribution in [0.15, 0.2) is 29.4 Å². The molecule has 1 aliphatic rings.